The highest BCUT2D eigenvalue weighted by atomic mass is 16.3. The van der Waals surface area contributed by atoms with E-state index in [0.717, 1.165) is 47.2 Å². The molecule has 2 heterocycles. The van der Waals surface area contributed by atoms with Gasteiger partial charge in [0.05, 0.1) is 5.52 Å². The van der Waals surface area contributed by atoms with Crippen molar-refractivity contribution in [3.05, 3.63) is 45.2 Å². The summed E-state index contributed by atoms with van der Waals surface area (Å²) < 4.78 is 0. The molecule has 1 aromatic heterocycles. The second kappa shape index (κ2) is 6.43. The lowest BCUT2D eigenvalue weighted by Gasteiger charge is -2.16. The fourth-order valence-corrected chi connectivity index (χ4v) is 3.68. The normalized spacial score (nSPS) is 22.1. The van der Waals surface area contributed by atoms with Gasteiger partial charge in [0.2, 0.25) is 0 Å². The van der Waals surface area contributed by atoms with Crippen LogP contribution in [0.4, 0.5) is 0 Å². The van der Waals surface area contributed by atoms with Crippen molar-refractivity contribution >= 4 is 10.9 Å². The Labute approximate surface area is 136 Å². The number of rotatable bonds is 4. The molecule has 23 heavy (non-hydrogen) atoms. The number of aromatic nitrogens is 1. The van der Waals surface area contributed by atoms with Crippen LogP contribution in [0.5, 0.6) is 0 Å². The van der Waals surface area contributed by atoms with E-state index in [1.807, 2.05) is 19.9 Å². The molecule has 0 spiro atoms. The number of hydrogen-bond donors (Lipinski definition) is 3. The third-order valence-electron chi connectivity index (χ3n) is 4.80. The number of nitrogens with one attached hydrogen (secondary N) is 1. The van der Waals surface area contributed by atoms with Crippen molar-refractivity contribution in [3.8, 4) is 0 Å². The maximum Gasteiger partial charge on any atom is 0.189 e. The van der Waals surface area contributed by atoms with Gasteiger partial charge in [0.25, 0.3) is 0 Å². The van der Waals surface area contributed by atoms with Gasteiger partial charge in [-0.2, -0.15) is 0 Å². The second-order valence-corrected chi connectivity index (χ2v) is 6.79. The summed E-state index contributed by atoms with van der Waals surface area (Å²) in [7, 11) is 0. The molecule has 3 rings (SSSR count). The maximum atomic E-state index is 12.4. The molecule has 0 aliphatic carbocycles. The lowest BCUT2D eigenvalue weighted by Crippen LogP contribution is -2.30. The number of benzene rings is 1. The molecule has 0 radical (unpaired) electrons. The molecular formula is C18H25N3O2. The van der Waals surface area contributed by atoms with Gasteiger partial charge >= 0.3 is 0 Å². The SMILES string of the molecule is Cc1cc(C)c2[nH]c(CN3C[C@H](CCO)[C@@H](N)C3)cc(=O)c2c1. The van der Waals surface area contributed by atoms with Gasteiger partial charge in [-0.1, -0.05) is 6.07 Å². The van der Waals surface area contributed by atoms with Gasteiger partial charge < -0.3 is 15.8 Å². The molecule has 1 saturated heterocycles. The van der Waals surface area contributed by atoms with Gasteiger partial charge in [-0.25, -0.2) is 0 Å². The number of nitrogens with zero attached hydrogens (tertiary/aromatic N) is 1. The van der Waals surface area contributed by atoms with Gasteiger partial charge in [-0.05, 0) is 43.4 Å². The van der Waals surface area contributed by atoms with Gasteiger partial charge in [-0.15, -0.1) is 0 Å². The summed E-state index contributed by atoms with van der Waals surface area (Å²) in [4.78, 5) is 18.1. The zero-order valence-corrected chi connectivity index (χ0v) is 13.8. The number of aromatic amines is 1. The van der Waals surface area contributed by atoms with E-state index in [0.29, 0.717) is 12.5 Å². The fourth-order valence-electron chi connectivity index (χ4n) is 3.68. The average molecular weight is 315 g/mol. The number of pyridine rings is 1. The molecule has 124 valence electrons. The first-order valence-electron chi connectivity index (χ1n) is 8.20. The van der Waals surface area contributed by atoms with Gasteiger partial charge in [0, 0.05) is 49.4 Å². The van der Waals surface area contributed by atoms with E-state index in [2.05, 4.69) is 16.0 Å². The van der Waals surface area contributed by atoms with Crippen LogP contribution in [0.1, 0.15) is 23.2 Å². The molecular weight excluding hydrogens is 290 g/mol. The van der Waals surface area contributed by atoms with Crippen LogP contribution in [-0.4, -0.2) is 40.7 Å². The highest BCUT2D eigenvalue weighted by Crippen LogP contribution is 2.21. The van der Waals surface area contributed by atoms with Crippen LogP contribution in [0.3, 0.4) is 0 Å². The van der Waals surface area contributed by atoms with Crippen LogP contribution in [0.25, 0.3) is 10.9 Å². The zero-order chi connectivity index (χ0) is 16.6. The van der Waals surface area contributed by atoms with Crippen molar-refractivity contribution in [2.75, 3.05) is 19.7 Å². The monoisotopic (exact) mass is 315 g/mol. The number of H-pyrrole nitrogens is 1. The number of hydrogen-bond acceptors (Lipinski definition) is 4. The number of likely N-dealkylation sites (tertiary alicyclic amines) is 1. The van der Waals surface area contributed by atoms with Crippen molar-refractivity contribution in [3.63, 3.8) is 0 Å². The predicted molar refractivity (Wildman–Crippen MR) is 92.5 cm³/mol. The van der Waals surface area contributed by atoms with Crippen molar-refractivity contribution in [2.24, 2.45) is 11.7 Å². The second-order valence-electron chi connectivity index (χ2n) is 6.79. The quantitative estimate of drug-likeness (QED) is 0.794. The van der Waals surface area contributed by atoms with E-state index in [4.69, 9.17) is 10.8 Å². The minimum atomic E-state index is 0.0657. The van der Waals surface area contributed by atoms with Crippen LogP contribution in [0, 0.1) is 19.8 Å². The molecule has 0 saturated carbocycles. The Morgan fingerprint density at radius 2 is 2.09 bits per heavy atom. The fraction of sp³-hybridized carbons (Fsp3) is 0.500. The Morgan fingerprint density at radius 1 is 1.30 bits per heavy atom. The van der Waals surface area contributed by atoms with Gasteiger partial charge in [0.15, 0.2) is 5.43 Å². The van der Waals surface area contributed by atoms with E-state index >= 15 is 0 Å². The lowest BCUT2D eigenvalue weighted by molar-refractivity contribution is 0.246. The average Bonchev–Trinajstić information content (AvgIpc) is 2.81. The largest absolute Gasteiger partial charge is 0.396 e. The Balaban J connectivity index is 1.86. The summed E-state index contributed by atoms with van der Waals surface area (Å²) in [5.74, 6) is 0.330. The van der Waals surface area contributed by atoms with Crippen molar-refractivity contribution < 1.29 is 5.11 Å². The first kappa shape index (κ1) is 16.2. The summed E-state index contributed by atoms with van der Waals surface area (Å²) in [6.07, 6.45) is 0.740. The van der Waals surface area contributed by atoms with Gasteiger partial charge in [0.1, 0.15) is 0 Å². The molecule has 2 aromatic rings. The molecule has 0 bridgehead atoms. The summed E-state index contributed by atoms with van der Waals surface area (Å²) in [5, 5.41) is 9.86. The third-order valence-corrected chi connectivity index (χ3v) is 4.80. The van der Waals surface area contributed by atoms with E-state index in [-0.39, 0.29) is 18.1 Å². The summed E-state index contributed by atoms with van der Waals surface area (Å²) in [5.41, 5.74) is 10.3. The molecule has 1 fully saturated rings. The number of nitrogens with two attached hydrogens (primary N) is 1. The van der Waals surface area contributed by atoms with Crippen LogP contribution < -0.4 is 11.2 Å². The predicted octanol–water partition coefficient (Wildman–Crippen LogP) is 1.29. The zero-order valence-electron chi connectivity index (χ0n) is 13.8. The van der Waals surface area contributed by atoms with E-state index in [9.17, 15) is 4.79 Å². The molecule has 5 nitrogen and oxygen atoms in total. The van der Waals surface area contributed by atoms with E-state index in [1.165, 1.54) is 0 Å². The third kappa shape index (κ3) is 3.32. The molecule has 2 atom stereocenters. The van der Waals surface area contributed by atoms with Crippen molar-refractivity contribution in [1.29, 1.82) is 0 Å². The smallest absolute Gasteiger partial charge is 0.189 e. The van der Waals surface area contributed by atoms with Gasteiger partial charge in [-0.3, -0.25) is 9.69 Å². The van der Waals surface area contributed by atoms with Crippen LogP contribution in [0.2, 0.25) is 0 Å². The highest BCUT2D eigenvalue weighted by molar-refractivity contribution is 5.82. The van der Waals surface area contributed by atoms with E-state index < -0.39 is 0 Å². The molecule has 1 aliphatic heterocycles. The summed E-state index contributed by atoms with van der Waals surface area (Å²) >= 11 is 0. The number of aliphatic hydroxyl groups is 1. The number of fused-ring (bicyclic) bond motifs is 1. The molecule has 0 amide bonds. The highest BCUT2D eigenvalue weighted by Gasteiger charge is 2.29. The van der Waals surface area contributed by atoms with Crippen LogP contribution >= 0.6 is 0 Å². The first-order valence-corrected chi connectivity index (χ1v) is 8.20. The minimum absolute atomic E-state index is 0.0657. The molecule has 1 aromatic carbocycles. The standard InChI is InChI=1S/C18H25N3O2/c1-11-5-12(2)18-15(6-11)17(23)7-14(20-18)9-21-8-13(3-4-22)16(19)10-21/h5-7,13,16,22H,3-4,8-10,19H2,1-2H3,(H,20,23)/t13-,16-/m0/s1. The molecule has 0 unspecified atom stereocenters. The molecule has 5 heteroatoms. The number of aliphatic hydroxyl groups excluding tert-OH is 1. The Kier molecular flexibility index (Phi) is 4.53. The maximum absolute atomic E-state index is 12.4. The summed E-state index contributed by atoms with van der Waals surface area (Å²) in [6.45, 7) is 6.57. The van der Waals surface area contributed by atoms with Crippen LogP contribution in [-0.2, 0) is 6.54 Å². The van der Waals surface area contributed by atoms with Crippen LogP contribution in [0.15, 0.2) is 23.0 Å². The van der Waals surface area contributed by atoms with E-state index in [1.54, 1.807) is 6.07 Å². The number of aryl methyl sites for hydroxylation is 2. The summed E-state index contributed by atoms with van der Waals surface area (Å²) in [6, 6.07) is 5.82. The first-order chi connectivity index (χ1) is 11.0. The van der Waals surface area contributed by atoms with Crippen molar-refractivity contribution in [2.45, 2.75) is 32.9 Å². The Morgan fingerprint density at radius 3 is 2.83 bits per heavy atom. The molecule has 1 aliphatic rings. The Bertz CT molecular complexity index is 769. The van der Waals surface area contributed by atoms with Crippen molar-refractivity contribution in [1.82, 2.24) is 9.88 Å². The topological polar surface area (TPSA) is 82.3 Å². The molecule has 4 N–H and O–H groups in total. The Hall–Kier alpha value is -1.69. The minimum Gasteiger partial charge on any atom is -0.396 e. The lowest BCUT2D eigenvalue weighted by atomic mass is 10.0.